The molecule has 0 aromatic heterocycles. The van der Waals surface area contributed by atoms with Crippen molar-refractivity contribution >= 4 is 11.9 Å². The molecule has 1 N–H and O–H groups in total. The molecule has 0 saturated heterocycles. The van der Waals surface area contributed by atoms with E-state index in [4.69, 9.17) is 9.47 Å². The molecule has 1 amide bonds. The second-order valence-corrected chi connectivity index (χ2v) is 12.0. The molecule has 202 valence electrons. The van der Waals surface area contributed by atoms with Gasteiger partial charge in [0, 0.05) is 31.4 Å². The van der Waals surface area contributed by atoms with Crippen LogP contribution in [0.1, 0.15) is 117 Å². The first-order valence-corrected chi connectivity index (χ1v) is 13.8. The van der Waals surface area contributed by atoms with Gasteiger partial charge in [0.05, 0.1) is 6.54 Å². The average molecular weight is 502 g/mol. The predicted molar refractivity (Wildman–Crippen MR) is 142 cm³/mol. The Hall–Kier alpha value is -2.24. The fourth-order valence-electron chi connectivity index (χ4n) is 6.42. The summed E-state index contributed by atoms with van der Waals surface area (Å²) in [7, 11) is 0. The van der Waals surface area contributed by atoms with E-state index in [2.05, 4.69) is 40.7 Å². The molecule has 2 aliphatic rings. The number of hydrogen-bond donors (Lipinski definition) is 1. The molecule has 1 aliphatic carbocycles. The Morgan fingerprint density at radius 1 is 1.17 bits per heavy atom. The van der Waals surface area contributed by atoms with Crippen molar-refractivity contribution in [1.82, 2.24) is 4.90 Å². The number of carbonyl (C=O) groups is 2. The largest absolute Gasteiger partial charge is 0.508 e. The molecule has 1 fully saturated rings. The first kappa shape index (κ1) is 28.3. The number of hydrogen-bond acceptors (Lipinski definition) is 5. The number of rotatable bonds is 10. The predicted octanol–water partition coefficient (Wildman–Crippen LogP) is 6.48. The topological polar surface area (TPSA) is 76.1 Å². The number of benzene rings is 1. The third-order valence-corrected chi connectivity index (χ3v) is 8.50. The van der Waals surface area contributed by atoms with Crippen LogP contribution < -0.4 is 4.74 Å². The average Bonchev–Trinajstić information content (AvgIpc) is 2.78. The summed E-state index contributed by atoms with van der Waals surface area (Å²) < 4.78 is 11.7. The third kappa shape index (κ3) is 6.36. The van der Waals surface area contributed by atoms with Gasteiger partial charge in [-0.3, -0.25) is 9.59 Å². The molecule has 3 rings (SSSR count). The van der Waals surface area contributed by atoms with Gasteiger partial charge in [0.25, 0.3) is 0 Å². The van der Waals surface area contributed by atoms with Gasteiger partial charge in [0.1, 0.15) is 23.7 Å². The van der Waals surface area contributed by atoms with Crippen molar-refractivity contribution in [2.24, 2.45) is 5.92 Å². The lowest BCUT2D eigenvalue weighted by Gasteiger charge is -2.50. The van der Waals surface area contributed by atoms with Crippen LogP contribution in [0.5, 0.6) is 11.5 Å². The molecule has 3 atom stereocenters. The second-order valence-electron chi connectivity index (χ2n) is 12.0. The van der Waals surface area contributed by atoms with Crippen molar-refractivity contribution in [2.45, 2.75) is 123 Å². The minimum atomic E-state index is -0.363. The smallest absolute Gasteiger partial charge is 0.302 e. The van der Waals surface area contributed by atoms with Crippen LogP contribution >= 0.6 is 0 Å². The third-order valence-electron chi connectivity index (χ3n) is 8.50. The standard InChI is InChI=1S/C30H47NO5/c1-8-9-10-11-14-29(4,5)22-17-26(34)28-24-19-23(31(20(2)32)15-16-35-21(3)33)12-13-25(24)30(6,7)36-27(28)18-22/h17-18,23-25,34H,8-16,19H2,1-7H3/t23?,24-,25-/m1/s1. The molecule has 36 heavy (non-hydrogen) atoms. The lowest BCUT2D eigenvalue weighted by atomic mass is 9.64. The Bertz CT molecular complexity index is 938. The highest BCUT2D eigenvalue weighted by atomic mass is 16.5. The van der Waals surface area contributed by atoms with E-state index >= 15 is 0 Å². The summed E-state index contributed by atoms with van der Waals surface area (Å²) in [4.78, 5) is 25.6. The fraction of sp³-hybridized carbons (Fsp3) is 0.733. The van der Waals surface area contributed by atoms with Gasteiger partial charge in [-0.25, -0.2) is 0 Å². The van der Waals surface area contributed by atoms with Crippen LogP contribution in [-0.2, 0) is 19.7 Å². The number of nitrogens with zero attached hydrogens (tertiary/aromatic N) is 1. The molecular weight excluding hydrogens is 454 g/mol. The van der Waals surface area contributed by atoms with Gasteiger partial charge in [0.15, 0.2) is 0 Å². The van der Waals surface area contributed by atoms with Crippen LogP contribution in [0.3, 0.4) is 0 Å². The van der Waals surface area contributed by atoms with E-state index in [1.807, 2.05) is 11.0 Å². The van der Waals surface area contributed by atoms with Crippen molar-refractivity contribution in [3.63, 3.8) is 0 Å². The number of phenolic OH excluding ortho intramolecular Hbond substituents is 1. The van der Waals surface area contributed by atoms with E-state index in [0.29, 0.717) is 12.3 Å². The summed E-state index contributed by atoms with van der Waals surface area (Å²) >= 11 is 0. The lowest BCUT2D eigenvalue weighted by molar-refractivity contribution is -0.144. The molecule has 1 unspecified atom stereocenters. The summed E-state index contributed by atoms with van der Waals surface area (Å²) in [6, 6.07) is 4.14. The Morgan fingerprint density at radius 2 is 1.89 bits per heavy atom. The number of phenols is 1. The lowest BCUT2D eigenvalue weighted by Crippen LogP contribution is -2.51. The molecule has 0 bridgehead atoms. The summed E-state index contributed by atoms with van der Waals surface area (Å²) in [6.45, 7) is 14.6. The Morgan fingerprint density at radius 3 is 2.53 bits per heavy atom. The maximum absolute atomic E-state index is 12.5. The Balaban J connectivity index is 1.88. The monoisotopic (exact) mass is 501 g/mol. The van der Waals surface area contributed by atoms with Crippen LogP contribution in [-0.4, -0.2) is 46.7 Å². The number of esters is 1. The van der Waals surface area contributed by atoms with Crippen molar-refractivity contribution in [1.29, 1.82) is 0 Å². The number of aromatic hydroxyl groups is 1. The van der Waals surface area contributed by atoms with E-state index in [1.165, 1.54) is 32.6 Å². The minimum Gasteiger partial charge on any atom is -0.508 e. The maximum atomic E-state index is 12.5. The van der Waals surface area contributed by atoms with Gasteiger partial charge < -0.3 is 19.5 Å². The highest BCUT2D eigenvalue weighted by molar-refractivity contribution is 5.73. The van der Waals surface area contributed by atoms with Gasteiger partial charge in [-0.2, -0.15) is 0 Å². The number of ether oxygens (including phenoxy) is 2. The maximum Gasteiger partial charge on any atom is 0.302 e. The number of fused-ring (bicyclic) bond motifs is 3. The first-order chi connectivity index (χ1) is 16.9. The zero-order chi connectivity index (χ0) is 26.7. The highest BCUT2D eigenvalue weighted by Crippen LogP contribution is 2.55. The van der Waals surface area contributed by atoms with Gasteiger partial charge in [-0.05, 0) is 68.6 Å². The molecule has 1 aliphatic heterocycles. The summed E-state index contributed by atoms with van der Waals surface area (Å²) in [5.74, 6) is 1.09. The van der Waals surface area contributed by atoms with E-state index in [1.54, 1.807) is 6.92 Å². The van der Waals surface area contributed by atoms with Crippen LogP contribution in [0.2, 0.25) is 0 Å². The summed E-state index contributed by atoms with van der Waals surface area (Å²) in [5.41, 5.74) is 1.58. The first-order valence-electron chi connectivity index (χ1n) is 13.8. The molecule has 6 heteroatoms. The zero-order valence-electron chi connectivity index (χ0n) is 23.5. The molecule has 0 spiro atoms. The Kier molecular flexibility index (Phi) is 9.00. The summed E-state index contributed by atoms with van der Waals surface area (Å²) in [5, 5.41) is 11.3. The van der Waals surface area contributed by atoms with Crippen LogP contribution in [0.15, 0.2) is 12.1 Å². The SMILES string of the molecule is CCCCCCC(C)(C)c1cc(O)c2c(c1)OC(C)(C)[C@@H]1CCC(N(CCOC(C)=O)C(C)=O)C[C@@H]21. The van der Waals surface area contributed by atoms with Crippen molar-refractivity contribution in [2.75, 3.05) is 13.2 Å². The molecular formula is C30H47NO5. The normalized spacial score (nSPS) is 22.7. The molecule has 1 aromatic carbocycles. The van der Waals surface area contributed by atoms with Crippen molar-refractivity contribution in [3.05, 3.63) is 23.3 Å². The van der Waals surface area contributed by atoms with Crippen LogP contribution in [0.4, 0.5) is 0 Å². The van der Waals surface area contributed by atoms with Gasteiger partial charge >= 0.3 is 5.97 Å². The highest BCUT2D eigenvalue weighted by Gasteiger charge is 2.49. The van der Waals surface area contributed by atoms with E-state index < -0.39 is 0 Å². The van der Waals surface area contributed by atoms with Crippen molar-refractivity contribution < 1.29 is 24.2 Å². The fourth-order valence-corrected chi connectivity index (χ4v) is 6.42. The number of carbonyl (C=O) groups excluding carboxylic acids is 2. The van der Waals surface area contributed by atoms with Gasteiger partial charge in [-0.1, -0.05) is 46.5 Å². The molecule has 1 saturated carbocycles. The van der Waals surface area contributed by atoms with E-state index in [0.717, 1.165) is 42.6 Å². The van der Waals surface area contributed by atoms with Crippen LogP contribution in [0, 0.1) is 5.92 Å². The van der Waals surface area contributed by atoms with Gasteiger partial charge in [-0.15, -0.1) is 0 Å². The van der Waals surface area contributed by atoms with Gasteiger partial charge in [0.2, 0.25) is 5.91 Å². The molecule has 6 nitrogen and oxygen atoms in total. The number of unbranched alkanes of at least 4 members (excludes halogenated alkanes) is 3. The Labute approximate surface area is 217 Å². The molecule has 1 aromatic rings. The second kappa shape index (κ2) is 11.4. The summed E-state index contributed by atoms with van der Waals surface area (Å²) in [6.07, 6.45) is 8.48. The molecule has 1 heterocycles. The quantitative estimate of drug-likeness (QED) is 0.293. The van der Waals surface area contributed by atoms with Crippen LogP contribution in [0.25, 0.3) is 0 Å². The van der Waals surface area contributed by atoms with E-state index in [-0.39, 0.29) is 47.4 Å². The molecule has 0 radical (unpaired) electrons. The van der Waals surface area contributed by atoms with E-state index in [9.17, 15) is 14.7 Å². The number of amides is 1. The minimum absolute atomic E-state index is 0.0125. The zero-order valence-corrected chi connectivity index (χ0v) is 23.5. The van der Waals surface area contributed by atoms with Crippen molar-refractivity contribution in [3.8, 4) is 11.5 Å².